The van der Waals surface area contributed by atoms with Crippen molar-refractivity contribution < 1.29 is 28.9 Å². The maximum atomic E-state index is 12.2. The van der Waals surface area contributed by atoms with Gasteiger partial charge in [0.05, 0.1) is 26.7 Å². The fourth-order valence-electron chi connectivity index (χ4n) is 5.14. The molecule has 8 heteroatoms. The van der Waals surface area contributed by atoms with Crippen molar-refractivity contribution in [2.75, 3.05) is 40.5 Å². The van der Waals surface area contributed by atoms with Crippen molar-refractivity contribution in [1.29, 1.82) is 0 Å². The van der Waals surface area contributed by atoms with Gasteiger partial charge in [-0.25, -0.2) is 4.79 Å². The van der Waals surface area contributed by atoms with E-state index in [1.807, 2.05) is 0 Å². The number of carboxylic acids is 1. The van der Waals surface area contributed by atoms with Gasteiger partial charge in [0.25, 0.3) is 0 Å². The van der Waals surface area contributed by atoms with Crippen LogP contribution in [0, 0.1) is 23.7 Å². The van der Waals surface area contributed by atoms with Crippen LogP contribution in [0.15, 0.2) is 12.1 Å². The van der Waals surface area contributed by atoms with Crippen molar-refractivity contribution in [3.05, 3.63) is 23.3 Å². The zero-order valence-corrected chi connectivity index (χ0v) is 20.4. The van der Waals surface area contributed by atoms with Crippen LogP contribution < -0.4 is 14.8 Å². The molecule has 0 saturated carbocycles. The summed E-state index contributed by atoms with van der Waals surface area (Å²) in [7, 11) is 3.32. The number of benzene rings is 1. The number of aliphatic carboxylic acids is 1. The third-order valence-corrected chi connectivity index (χ3v) is 6.95. The molecule has 1 fully saturated rings. The van der Waals surface area contributed by atoms with Gasteiger partial charge in [0, 0.05) is 25.7 Å². The summed E-state index contributed by atoms with van der Waals surface area (Å²) >= 11 is 0. The van der Waals surface area contributed by atoms with Crippen LogP contribution in [0.4, 0.5) is 4.79 Å². The molecular formula is C25H38N2O6. The SMILES string of the molecule is COc1cc2c(cc1OC)C1CC(COC(=O)NCC(C)C(=O)O)C(CC(C)C)CN1CC2. The van der Waals surface area contributed by atoms with Gasteiger partial charge in [-0.2, -0.15) is 0 Å². The lowest BCUT2D eigenvalue weighted by Crippen LogP contribution is -2.47. The molecule has 1 aromatic carbocycles. The number of ether oxygens (including phenoxy) is 3. The molecule has 0 aliphatic carbocycles. The van der Waals surface area contributed by atoms with Crippen molar-refractivity contribution in [1.82, 2.24) is 10.2 Å². The number of nitrogens with one attached hydrogen (secondary N) is 1. The third-order valence-electron chi connectivity index (χ3n) is 6.95. The summed E-state index contributed by atoms with van der Waals surface area (Å²) in [6.45, 7) is 8.38. The van der Waals surface area contributed by atoms with Crippen LogP contribution in [-0.4, -0.2) is 62.5 Å². The summed E-state index contributed by atoms with van der Waals surface area (Å²) in [4.78, 5) is 25.7. The number of fused-ring (bicyclic) bond motifs is 3. The van der Waals surface area contributed by atoms with Crippen molar-refractivity contribution in [2.24, 2.45) is 23.7 Å². The molecule has 0 bridgehead atoms. The number of rotatable bonds is 9. The Kier molecular flexibility index (Phi) is 8.46. The quantitative estimate of drug-likeness (QED) is 0.577. The van der Waals surface area contributed by atoms with E-state index >= 15 is 0 Å². The van der Waals surface area contributed by atoms with Crippen LogP contribution >= 0.6 is 0 Å². The molecule has 0 spiro atoms. The van der Waals surface area contributed by atoms with Crippen LogP contribution in [0.2, 0.25) is 0 Å². The number of piperidine rings is 1. The number of alkyl carbamates (subject to hydrolysis) is 1. The van der Waals surface area contributed by atoms with E-state index in [1.54, 1.807) is 21.1 Å². The minimum atomic E-state index is -0.942. The Morgan fingerprint density at radius 3 is 2.48 bits per heavy atom. The average molecular weight is 463 g/mol. The van der Waals surface area contributed by atoms with E-state index in [2.05, 4.69) is 36.2 Å². The zero-order chi connectivity index (χ0) is 24.1. The predicted octanol–water partition coefficient (Wildman–Crippen LogP) is 3.73. The van der Waals surface area contributed by atoms with Gasteiger partial charge in [0.1, 0.15) is 0 Å². The fraction of sp³-hybridized carbons (Fsp3) is 0.680. The molecule has 4 atom stereocenters. The monoisotopic (exact) mass is 462 g/mol. The first-order valence-electron chi connectivity index (χ1n) is 11.9. The summed E-state index contributed by atoms with van der Waals surface area (Å²) in [5, 5.41) is 11.6. The van der Waals surface area contributed by atoms with E-state index < -0.39 is 18.0 Å². The molecular weight excluding hydrogens is 424 g/mol. The number of hydrogen-bond acceptors (Lipinski definition) is 6. The molecule has 184 valence electrons. The molecule has 2 aliphatic heterocycles. The minimum absolute atomic E-state index is 0.0552. The first kappa shape index (κ1) is 25.1. The Morgan fingerprint density at radius 1 is 1.15 bits per heavy atom. The maximum absolute atomic E-state index is 12.2. The highest BCUT2D eigenvalue weighted by Gasteiger charge is 2.40. The van der Waals surface area contributed by atoms with Gasteiger partial charge in [-0.3, -0.25) is 9.69 Å². The first-order valence-corrected chi connectivity index (χ1v) is 11.9. The number of carbonyl (C=O) groups excluding carboxylic acids is 1. The molecule has 8 nitrogen and oxygen atoms in total. The van der Waals surface area contributed by atoms with Crippen LogP contribution in [0.3, 0.4) is 0 Å². The van der Waals surface area contributed by atoms with Crippen LogP contribution in [0.25, 0.3) is 0 Å². The highest BCUT2D eigenvalue weighted by atomic mass is 16.5. The van der Waals surface area contributed by atoms with Gasteiger partial charge in [0.15, 0.2) is 11.5 Å². The summed E-state index contributed by atoms with van der Waals surface area (Å²) < 4.78 is 16.6. The van der Waals surface area contributed by atoms with E-state index in [-0.39, 0.29) is 18.5 Å². The number of hydrogen-bond donors (Lipinski definition) is 2. The summed E-state index contributed by atoms with van der Waals surface area (Å²) in [5.41, 5.74) is 2.56. The molecule has 33 heavy (non-hydrogen) atoms. The van der Waals surface area contributed by atoms with Gasteiger partial charge in [-0.15, -0.1) is 0 Å². The molecule has 1 saturated heterocycles. The molecule has 2 aliphatic rings. The van der Waals surface area contributed by atoms with Crippen molar-refractivity contribution in [2.45, 2.75) is 46.1 Å². The van der Waals surface area contributed by atoms with Gasteiger partial charge in [0.2, 0.25) is 0 Å². The molecule has 0 aromatic heterocycles. The number of methoxy groups -OCH3 is 2. The van der Waals surface area contributed by atoms with Crippen molar-refractivity contribution >= 4 is 12.1 Å². The fourth-order valence-corrected chi connectivity index (χ4v) is 5.14. The number of carboxylic acid groups (broad SMARTS) is 1. The average Bonchev–Trinajstić information content (AvgIpc) is 2.79. The lowest BCUT2D eigenvalue weighted by Gasteiger charge is -2.47. The highest BCUT2D eigenvalue weighted by molar-refractivity contribution is 5.72. The Morgan fingerprint density at radius 2 is 1.85 bits per heavy atom. The maximum Gasteiger partial charge on any atom is 0.407 e. The van der Waals surface area contributed by atoms with Gasteiger partial charge < -0.3 is 24.6 Å². The molecule has 1 aromatic rings. The van der Waals surface area contributed by atoms with E-state index in [0.717, 1.165) is 43.9 Å². The van der Waals surface area contributed by atoms with E-state index in [4.69, 9.17) is 19.3 Å². The molecule has 2 heterocycles. The van der Waals surface area contributed by atoms with Crippen LogP contribution in [0.5, 0.6) is 11.5 Å². The van der Waals surface area contributed by atoms with Crippen LogP contribution in [0.1, 0.15) is 50.8 Å². The smallest absolute Gasteiger partial charge is 0.407 e. The highest BCUT2D eigenvalue weighted by Crippen LogP contribution is 2.45. The lowest BCUT2D eigenvalue weighted by molar-refractivity contribution is -0.140. The first-order chi connectivity index (χ1) is 15.7. The van der Waals surface area contributed by atoms with E-state index in [0.29, 0.717) is 18.4 Å². The molecule has 3 rings (SSSR count). The number of amides is 1. The Bertz CT molecular complexity index is 842. The second-order valence-electron chi connectivity index (χ2n) is 9.77. The summed E-state index contributed by atoms with van der Waals surface area (Å²) in [5.74, 6) is 1.13. The molecule has 1 amide bonds. The topological polar surface area (TPSA) is 97.3 Å². The zero-order valence-electron chi connectivity index (χ0n) is 20.4. The normalized spacial score (nSPS) is 23.3. The second kappa shape index (κ2) is 11.1. The van der Waals surface area contributed by atoms with Gasteiger partial charge in [-0.1, -0.05) is 20.8 Å². The molecule has 0 radical (unpaired) electrons. The predicted molar refractivity (Wildman–Crippen MR) is 125 cm³/mol. The van der Waals surface area contributed by atoms with Crippen molar-refractivity contribution in [3.63, 3.8) is 0 Å². The Labute approximate surface area is 196 Å². The second-order valence-corrected chi connectivity index (χ2v) is 9.77. The third kappa shape index (κ3) is 6.10. The summed E-state index contributed by atoms with van der Waals surface area (Å²) in [6, 6.07) is 4.45. The summed E-state index contributed by atoms with van der Waals surface area (Å²) in [6.07, 6.45) is 2.41. The molecule has 2 N–H and O–H groups in total. The van der Waals surface area contributed by atoms with E-state index in [1.165, 1.54) is 11.1 Å². The molecule has 4 unspecified atom stereocenters. The Hall–Kier alpha value is -2.48. The van der Waals surface area contributed by atoms with Crippen LogP contribution in [-0.2, 0) is 16.0 Å². The standard InChI is InChI=1S/C25H38N2O6/c1-15(2)8-18-13-27-7-6-17-10-22(31-4)23(32-5)11-20(17)21(27)9-19(18)14-33-25(30)26-12-16(3)24(28)29/h10-11,15-16,18-19,21H,6-9,12-14H2,1-5H3,(H,26,30)(H,28,29). The van der Waals surface area contributed by atoms with Gasteiger partial charge in [-0.05, 0) is 60.3 Å². The lowest BCUT2D eigenvalue weighted by atomic mass is 9.74. The Balaban J connectivity index is 1.73. The number of carbonyl (C=O) groups is 2. The van der Waals surface area contributed by atoms with Crippen molar-refractivity contribution in [3.8, 4) is 11.5 Å². The number of nitrogens with zero attached hydrogens (tertiary/aromatic N) is 1. The minimum Gasteiger partial charge on any atom is -0.493 e. The largest absolute Gasteiger partial charge is 0.493 e. The van der Waals surface area contributed by atoms with Gasteiger partial charge >= 0.3 is 12.1 Å². The van der Waals surface area contributed by atoms with E-state index in [9.17, 15) is 9.59 Å².